The maximum atomic E-state index is 12.7. The van der Waals surface area contributed by atoms with Crippen molar-refractivity contribution in [3.05, 3.63) is 47.5 Å². The van der Waals surface area contributed by atoms with Crippen LogP contribution in [0.25, 0.3) is 11.0 Å². The molecule has 0 bridgehead atoms. The summed E-state index contributed by atoms with van der Waals surface area (Å²) in [7, 11) is -3.92. The number of aromatic nitrogens is 2. The van der Waals surface area contributed by atoms with Gasteiger partial charge in [0.1, 0.15) is 15.9 Å². The summed E-state index contributed by atoms with van der Waals surface area (Å²) < 4.78 is 36.0. The average Bonchev–Trinajstić information content (AvgIpc) is 3.02. The number of rotatable bonds is 5. The molecule has 2 N–H and O–H groups in total. The Hall–Kier alpha value is -2.52. The molecule has 3 aromatic rings. The second-order valence-electron chi connectivity index (χ2n) is 5.02. The molecule has 2 aromatic carbocycles. The van der Waals surface area contributed by atoms with Crippen LogP contribution in [0.4, 0.5) is 5.69 Å². The van der Waals surface area contributed by atoms with Crippen LogP contribution in [-0.2, 0) is 16.4 Å². The number of nitrogens with one attached hydrogen (secondary N) is 1. The van der Waals surface area contributed by atoms with Crippen molar-refractivity contribution >= 4 is 44.4 Å². The second kappa shape index (κ2) is 6.17. The minimum Gasteiger partial charge on any atom is -0.478 e. The number of anilines is 1. The highest BCUT2D eigenvalue weighted by atomic mass is 32.2. The smallest absolute Gasteiger partial charge is 0.335 e. The first-order chi connectivity index (χ1) is 11.4. The van der Waals surface area contributed by atoms with Crippen molar-refractivity contribution < 1.29 is 18.3 Å². The zero-order chi connectivity index (χ0) is 17.3. The highest BCUT2D eigenvalue weighted by molar-refractivity contribution is 7.93. The summed E-state index contributed by atoms with van der Waals surface area (Å²) in [5.41, 5.74) is 1.75. The van der Waals surface area contributed by atoms with Crippen molar-refractivity contribution in [1.29, 1.82) is 0 Å². The number of carbonyl (C=O) groups is 1. The van der Waals surface area contributed by atoms with E-state index in [1.54, 1.807) is 18.2 Å². The van der Waals surface area contributed by atoms with Crippen LogP contribution in [0, 0.1) is 0 Å². The van der Waals surface area contributed by atoms with E-state index in [2.05, 4.69) is 13.5 Å². The Labute approximate surface area is 142 Å². The number of hydrogen-bond donors (Lipinski definition) is 2. The largest absolute Gasteiger partial charge is 0.478 e. The first-order valence-electron chi connectivity index (χ1n) is 7.02. The molecule has 0 saturated carbocycles. The number of fused-ring (bicyclic) bond motifs is 1. The maximum absolute atomic E-state index is 12.7. The number of aromatic carboxylic acids is 1. The van der Waals surface area contributed by atoms with E-state index in [-0.39, 0.29) is 16.1 Å². The summed E-state index contributed by atoms with van der Waals surface area (Å²) in [6, 6.07) is 9.08. The Morgan fingerprint density at radius 1 is 1.25 bits per heavy atom. The number of carboxylic acid groups (broad SMARTS) is 1. The summed E-state index contributed by atoms with van der Waals surface area (Å²) >= 11 is 0.934. The minimum absolute atomic E-state index is 0.0107. The van der Waals surface area contributed by atoms with Crippen LogP contribution < -0.4 is 4.72 Å². The normalized spacial score (nSPS) is 11.5. The Balaban J connectivity index is 2.08. The molecular weight excluding hydrogens is 350 g/mol. The predicted molar refractivity (Wildman–Crippen MR) is 91.0 cm³/mol. The van der Waals surface area contributed by atoms with Gasteiger partial charge in [-0.2, -0.15) is 8.75 Å². The third-order valence-corrected chi connectivity index (χ3v) is 5.46. The summed E-state index contributed by atoms with van der Waals surface area (Å²) in [5.74, 6) is -1.12. The van der Waals surface area contributed by atoms with Crippen LogP contribution >= 0.6 is 11.7 Å². The molecule has 3 rings (SSSR count). The Morgan fingerprint density at radius 2 is 2.04 bits per heavy atom. The summed E-state index contributed by atoms with van der Waals surface area (Å²) in [6.07, 6.45) is 0.556. The van der Waals surface area contributed by atoms with Gasteiger partial charge in [0.05, 0.1) is 23.0 Å². The molecule has 0 amide bonds. The van der Waals surface area contributed by atoms with Crippen LogP contribution in [-0.4, -0.2) is 28.2 Å². The monoisotopic (exact) mass is 363 g/mol. The van der Waals surface area contributed by atoms with Crippen molar-refractivity contribution in [2.24, 2.45) is 0 Å². The van der Waals surface area contributed by atoms with E-state index in [9.17, 15) is 13.2 Å². The van der Waals surface area contributed by atoms with Crippen LogP contribution in [0.1, 0.15) is 22.8 Å². The van der Waals surface area contributed by atoms with E-state index in [1.165, 1.54) is 18.2 Å². The van der Waals surface area contributed by atoms with Gasteiger partial charge in [-0.05, 0) is 36.2 Å². The van der Waals surface area contributed by atoms with Crippen molar-refractivity contribution in [3.8, 4) is 0 Å². The van der Waals surface area contributed by atoms with Gasteiger partial charge in [0.2, 0.25) is 0 Å². The van der Waals surface area contributed by atoms with Gasteiger partial charge >= 0.3 is 5.97 Å². The minimum atomic E-state index is -3.92. The van der Waals surface area contributed by atoms with Gasteiger partial charge in [0.15, 0.2) is 0 Å². The van der Waals surface area contributed by atoms with E-state index >= 15 is 0 Å². The Morgan fingerprint density at radius 3 is 2.75 bits per heavy atom. The molecule has 7 nitrogen and oxygen atoms in total. The van der Waals surface area contributed by atoms with Crippen LogP contribution in [0.15, 0.2) is 41.3 Å². The average molecular weight is 363 g/mol. The molecule has 0 aliphatic heterocycles. The second-order valence-corrected chi connectivity index (χ2v) is 7.20. The number of sulfonamides is 1. The topological polar surface area (TPSA) is 109 Å². The first-order valence-corrected chi connectivity index (χ1v) is 9.24. The maximum Gasteiger partial charge on any atom is 0.335 e. The van der Waals surface area contributed by atoms with Crippen molar-refractivity contribution in [2.45, 2.75) is 18.2 Å². The van der Waals surface area contributed by atoms with Crippen LogP contribution in [0.2, 0.25) is 0 Å². The number of carboxylic acids is 1. The molecule has 0 unspecified atom stereocenters. The third kappa shape index (κ3) is 2.95. The van der Waals surface area contributed by atoms with E-state index in [0.29, 0.717) is 23.0 Å². The third-order valence-electron chi connectivity index (χ3n) is 3.52. The quantitative estimate of drug-likeness (QED) is 0.721. The van der Waals surface area contributed by atoms with Gasteiger partial charge in [-0.25, -0.2) is 13.2 Å². The first kappa shape index (κ1) is 16.3. The van der Waals surface area contributed by atoms with Gasteiger partial charge < -0.3 is 5.11 Å². The fourth-order valence-corrected chi connectivity index (χ4v) is 4.17. The number of nitrogens with zero attached hydrogens (tertiary/aromatic N) is 2. The highest BCUT2D eigenvalue weighted by Gasteiger charge is 2.21. The lowest BCUT2D eigenvalue weighted by atomic mass is 10.1. The number of hydrogen-bond acceptors (Lipinski definition) is 6. The van der Waals surface area contributed by atoms with E-state index in [4.69, 9.17) is 5.11 Å². The van der Waals surface area contributed by atoms with Crippen LogP contribution in [0.5, 0.6) is 0 Å². The standard InChI is InChI=1S/C15H13N3O4S2/c1-2-9-6-7-10(15(19)20)8-12(9)18-24(21,22)13-5-3-4-11-14(13)17-23-16-11/h3-8,18H,2H2,1H3,(H,19,20). The van der Waals surface area contributed by atoms with Gasteiger partial charge in [-0.1, -0.05) is 19.1 Å². The van der Waals surface area contributed by atoms with Crippen molar-refractivity contribution in [2.75, 3.05) is 4.72 Å². The number of aryl methyl sites for hydroxylation is 1. The molecule has 0 spiro atoms. The number of benzene rings is 2. The molecule has 0 aliphatic rings. The van der Waals surface area contributed by atoms with Gasteiger partial charge in [0.25, 0.3) is 10.0 Å². The molecule has 24 heavy (non-hydrogen) atoms. The molecule has 0 fully saturated rings. The fourth-order valence-electron chi connectivity index (χ4n) is 2.31. The molecule has 1 heterocycles. The SMILES string of the molecule is CCc1ccc(C(=O)O)cc1NS(=O)(=O)c1cccc2nsnc12. The summed E-state index contributed by atoms with van der Waals surface area (Å²) in [5, 5.41) is 9.11. The van der Waals surface area contributed by atoms with Crippen LogP contribution in [0.3, 0.4) is 0 Å². The lowest BCUT2D eigenvalue weighted by Crippen LogP contribution is -2.15. The van der Waals surface area contributed by atoms with Gasteiger partial charge in [-0.15, -0.1) is 0 Å². The predicted octanol–water partition coefficient (Wildman–Crippen LogP) is 2.75. The Bertz CT molecular complexity index is 1030. The molecule has 1 aromatic heterocycles. The molecule has 0 atom stereocenters. The zero-order valence-corrected chi connectivity index (χ0v) is 14.2. The van der Waals surface area contributed by atoms with Crippen molar-refractivity contribution in [1.82, 2.24) is 8.75 Å². The molecular formula is C15H13N3O4S2. The van der Waals surface area contributed by atoms with E-state index < -0.39 is 16.0 Å². The molecule has 0 radical (unpaired) electrons. The van der Waals surface area contributed by atoms with Gasteiger partial charge in [0, 0.05) is 0 Å². The molecule has 124 valence electrons. The van der Waals surface area contributed by atoms with E-state index in [1.807, 2.05) is 6.92 Å². The zero-order valence-electron chi connectivity index (χ0n) is 12.6. The lowest BCUT2D eigenvalue weighted by Gasteiger charge is -2.13. The summed E-state index contributed by atoms with van der Waals surface area (Å²) in [4.78, 5) is 11.1. The molecule has 9 heteroatoms. The summed E-state index contributed by atoms with van der Waals surface area (Å²) in [6.45, 7) is 1.86. The molecule has 0 saturated heterocycles. The highest BCUT2D eigenvalue weighted by Crippen LogP contribution is 2.26. The van der Waals surface area contributed by atoms with E-state index in [0.717, 1.165) is 11.7 Å². The van der Waals surface area contributed by atoms with Crippen molar-refractivity contribution in [3.63, 3.8) is 0 Å². The fraction of sp³-hybridized carbons (Fsp3) is 0.133. The Kier molecular flexibility index (Phi) is 4.20. The molecule has 0 aliphatic carbocycles. The lowest BCUT2D eigenvalue weighted by molar-refractivity contribution is 0.0697. The van der Waals surface area contributed by atoms with Gasteiger partial charge in [-0.3, -0.25) is 4.72 Å².